The average Bonchev–Trinajstić information content (AvgIpc) is 3.39. The fourth-order valence-corrected chi connectivity index (χ4v) is 4.18. The third-order valence-corrected chi connectivity index (χ3v) is 6.00. The SMILES string of the molecule is Cc1cccc2[nH]c(C(=O)N[C@@H](CC(C)C)C(=O)N[C@@H](C[C@@H]3CCNC3=O)C(=O)CO)cc12. The van der Waals surface area contributed by atoms with Crippen LogP contribution in [-0.2, 0) is 14.4 Å². The second kappa shape index (κ2) is 10.6. The first-order valence-corrected chi connectivity index (χ1v) is 11.3. The smallest absolute Gasteiger partial charge is 0.268 e. The van der Waals surface area contributed by atoms with E-state index in [1.54, 1.807) is 6.07 Å². The summed E-state index contributed by atoms with van der Waals surface area (Å²) in [6, 6.07) is 5.60. The van der Waals surface area contributed by atoms with Crippen LogP contribution in [0.25, 0.3) is 10.9 Å². The molecule has 33 heavy (non-hydrogen) atoms. The number of nitrogens with one attached hydrogen (secondary N) is 4. The number of fused-ring (bicyclic) bond motifs is 1. The van der Waals surface area contributed by atoms with Gasteiger partial charge in [0.05, 0.1) is 6.04 Å². The number of aliphatic hydroxyl groups excluding tert-OH is 1. The number of carbonyl (C=O) groups excluding carboxylic acids is 4. The molecule has 3 amide bonds. The van der Waals surface area contributed by atoms with Gasteiger partial charge in [0.15, 0.2) is 5.78 Å². The molecule has 0 saturated carbocycles. The maximum Gasteiger partial charge on any atom is 0.268 e. The molecule has 9 nitrogen and oxygen atoms in total. The van der Waals surface area contributed by atoms with Crippen molar-refractivity contribution in [2.75, 3.05) is 13.2 Å². The summed E-state index contributed by atoms with van der Waals surface area (Å²) in [7, 11) is 0. The van der Waals surface area contributed by atoms with Gasteiger partial charge in [-0.2, -0.15) is 0 Å². The minimum atomic E-state index is -1.00. The molecule has 1 saturated heterocycles. The van der Waals surface area contributed by atoms with Crippen LogP contribution in [0.1, 0.15) is 49.2 Å². The Morgan fingerprint density at radius 2 is 1.94 bits per heavy atom. The second-order valence-corrected chi connectivity index (χ2v) is 9.07. The molecular formula is C24H32N4O5. The zero-order valence-corrected chi connectivity index (χ0v) is 19.2. The van der Waals surface area contributed by atoms with Crippen molar-refractivity contribution in [3.63, 3.8) is 0 Å². The Balaban J connectivity index is 1.74. The number of aliphatic hydroxyl groups is 1. The van der Waals surface area contributed by atoms with E-state index in [0.29, 0.717) is 25.1 Å². The van der Waals surface area contributed by atoms with E-state index in [1.165, 1.54) is 0 Å². The summed E-state index contributed by atoms with van der Waals surface area (Å²) in [4.78, 5) is 53.3. The van der Waals surface area contributed by atoms with Crippen LogP contribution in [0, 0.1) is 18.8 Å². The highest BCUT2D eigenvalue weighted by atomic mass is 16.3. The molecule has 178 valence electrons. The lowest BCUT2D eigenvalue weighted by atomic mass is 9.95. The molecule has 9 heteroatoms. The third kappa shape index (κ3) is 5.98. The highest BCUT2D eigenvalue weighted by Crippen LogP contribution is 2.20. The summed E-state index contributed by atoms with van der Waals surface area (Å²) >= 11 is 0. The van der Waals surface area contributed by atoms with E-state index in [1.807, 2.05) is 39.0 Å². The number of hydrogen-bond donors (Lipinski definition) is 5. The normalized spacial score (nSPS) is 17.6. The van der Waals surface area contributed by atoms with E-state index < -0.39 is 42.2 Å². The van der Waals surface area contributed by atoms with E-state index in [0.717, 1.165) is 16.5 Å². The Hall–Kier alpha value is -3.20. The summed E-state index contributed by atoms with van der Waals surface area (Å²) in [6.07, 6.45) is 1.04. The number of ketones is 1. The van der Waals surface area contributed by atoms with Crippen LogP contribution in [0.4, 0.5) is 0 Å². The Labute approximate surface area is 192 Å². The van der Waals surface area contributed by atoms with Crippen molar-refractivity contribution in [3.05, 3.63) is 35.5 Å². The van der Waals surface area contributed by atoms with Gasteiger partial charge in [-0.15, -0.1) is 0 Å². The molecule has 0 aliphatic carbocycles. The van der Waals surface area contributed by atoms with Gasteiger partial charge >= 0.3 is 0 Å². The Morgan fingerprint density at radius 1 is 1.18 bits per heavy atom. The van der Waals surface area contributed by atoms with Gasteiger partial charge in [0, 0.05) is 23.4 Å². The molecule has 2 aromatic rings. The molecule has 1 fully saturated rings. The fraction of sp³-hybridized carbons (Fsp3) is 0.500. The van der Waals surface area contributed by atoms with E-state index >= 15 is 0 Å². The van der Waals surface area contributed by atoms with Gasteiger partial charge in [-0.05, 0) is 49.8 Å². The summed E-state index contributed by atoms with van der Waals surface area (Å²) in [6.45, 7) is 5.59. The van der Waals surface area contributed by atoms with Crippen molar-refractivity contribution in [1.82, 2.24) is 20.9 Å². The molecule has 0 radical (unpaired) electrons. The first-order valence-electron chi connectivity index (χ1n) is 11.3. The van der Waals surface area contributed by atoms with E-state index in [4.69, 9.17) is 0 Å². The van der Waals surface area contributed by atoms with Crippen molar-refractivity contribution in [2.45, 2.75) is 52.1 Å². The van der Waals surface area contributed by atoms with Gasteiger partial charge in [-0.1, -0.05) is 26.0 Å². The fourth-order valence-electron chi connectivity index (χ4n) is 4.18. The number of aromatic nitrogens is 1. The number of H-pyrrole nitrogens is 1. The average molecular weight is 457 g/mol. The summed E-state index contributed by atoms with van der Waals surface area (Å²) in [5, 5.41) is 18.4. The van der Waals surface area contributed by atoms with Crippen LogP contribution in [-0.4, -0.2) is 58.8 Å². The van der Waals surface area contributed by atoms with Crippen LogP contribution in [0.2, 0.25) is 0 Å². The first kappa shape index (κ1) is 24.4. The van der Waals surface area contributed by atoms with Crippen LogP contribution >= 0.6 is 0 Å². The zero-order chi connectivity index (χ0) is 24.1. The lowest BCUT2D eigenvalue weighted by molar-refractivity contribution is -0.131. The number of aryl methyl sites for hydroxylation is 1. The van der Waals surface area contributed by atoms with Gasteiger partial charge in [0.1, 0.15) is 18.3 Å². The van der Waals surface area contributed by atoms with E-state index in [-0.39, 0.29) is 18.2 Å². The molecule has 0 spiro atoms. The number of carbonyl (C=O) groups is 4. The molecular weight excluding hydrogens is 424 g/mol. The molecule has 3 rings (SSSR count). The van der Waals surface area contributed by atoms with Crippen LogP contribution < -0.4 is 16.0 Å². The zero-order valence-electron chi connectivity index (χ0n) is 19.2. The maximum absolute atomic E-state index is 13.1. The molecule has 5 N–H and O–H groups in total. The van der Waals surface area contributed by atoms with Crippen molar-refractivity contribution < 1.29 is 24.3 Å². The first-order chi connectivity index (χ1) is 15.7. The molecule has 3 atom stereocenters. The summed E-state index contributed by atoms with van der Waals surface area (Å²) < 4.78 is 0. The number of aromatic amines is 1. The lowest BCUT2D eigenvalue weighted by Gasteiger charge is -2.24. The summed E-state index contributed by atoms with van der Waals surface area (Å²) in [5.41, 5.74) is 2.19. The Morgan fingerprint density at radius 3 is 2.55 bits per heavy atom. The van der Waals surface area contributed by atoms with Gasteiger partial charge < -0.3 is 26.0 Å². The Kier molecular flexibility index (Phi) is 7.86. The third-order valence-electron chi connectivity index (χ3n) is 6.00. The molecule has 2 heterocycles. The molecule has 0 bridgehead atoms. The molecule has 1 aliphatic heterocycles. The van der Waals surface area contributed by atoms with Crippen molar-refractivity contribution in [2.24, 2.45) is 11.8 Å². The van der Waals surface area contributed by atoms with E-state index in [9.17, 15) is 24.3 Å². The number of benzene rings is 1. The number of rotatable bonds is 10. The number of hydrogen-bond acceptors (Lipinski definition) is 5. The van der Waals surface area contributed by atoms with Gasteiger partial charge in [-0.3, -0.25) is 19.2 Å². The monoisotopic (exact) mass is 456 g/mol. The predicted octanol–water partition coefficient (Wildman–Crippen LogP) is 1.19. The van der Waals surface area contributed by atoms with Crippen LogP contribution in [0.15, 0.2) is 24.3 Å². The van der Waals surface area contributed by atoms with Crippen molar-refractivity contribution in [3.8, 4) is 0 Å². The van der Waals surface area contributed by atoms with Gasteiger partial charge in [-0.25, -0.2) is 0 Å². The van der Waals surface area contributed by atoms with Crippen LogP contribution in [0.3, 0.4) is 0 Å². The van der Waals surface area contributed by atoms with E-state index in [2.05, 4.69) is 20.9 Å². The highest BCUT2D eigenvalue weighted by molar-refractivity contribution is 6.01. The minimum absolute atomic E-state index is 0.0959. The minimum Gasteiger partial charge on any atom is -0.389 e. The van der Waals surface area contributed by atoms with Gasteiger partial charge in [0.25, 0.3) is 5.91 Å². The maximum atomic E-state index is 13.1. The van der Waals surface area contributed by atoms with Crippen molar-refractivity contribution >= 4 is 34.4 Å². The molecule has 1 aromatic heterocycles. The number of Topliss-reactive ketones (excluding diaryl/α,β-unsaturated/α-hetero) is 1. The topological polar surface area (TPSA) is 140 Å². The predicted molar refractivity (Wildman–Crippen MR) is 124 cm³/mol. The lowest BCUT2D eigenvalue weighted by Crippen LogP contribution is -2.53. The molecule has 1 aromatic carbocycles. The molecule has 1 aliphatic rings. The highest BCUT2D eigenvalue weighted by Gasteiger charge is 2.33. The van der Waals surface area contributed by atoms with Crippen molar-refractivity contribution in [1.29, 1.82) is 0 Å². The van der Waals surface area contributed by atoms with Gasteiger partial charge in [0.2, 0.25) is 11.8 Å². The largest absolute Gasteiger partial charge is 0.389 e. The molecule has 0 unspecified atom stereocenters. The van der Waals surface area contributed by atoms with Crippen LogP contribution in [0.5, 0.6) is 0 Å². The quantitative estimate of drug-likeness (QED) is 0.365. The Bertz CT molecular complexity index is 1040. The number of amides is 3. The second-order valence-electron chi connectivity index (χ2n) is 9.07. The summed E-state index contributed by atoms with van der Waals surface area (Å²) in [5.74, 6) is -1.98. The standard InChI is InChI=1S/C24H32N4O5/c1-13(2)9-19(28-24(33)20-11-16-14(3)5-4-6-17(16)26-20)23(32)27-18(21(30)12-29)10-15-7-8-25-22(15)31/h4-6,11,13,15,18-19,26,29H,7-10,12H2,1-3H3,(H,25,31)(H,27,32)(H,28,33)/t15-,18-,19-/m0/s1.